The predicted molar refractivity (Wildman–Crippen MR) is 85.3 cm³/mol. The molecular weight excluding hydrogens is 262 g/mol. The number of aryl methyl sites for hydroxylation is 3. The third kappa shape index (κ3) is 3.07. The lowest BCUT2D eigenvalue weighted by molar-refractivity contribution is 0.699. The van der Waals surface area contributed by atoms with Crippen LogP contribution in [-0.4, -0.2) is 15.5 Å². The minimum absolute atomic E-state index is 0.429. The van der Waals surface area contributed by atoms with Gasteiger partial charge < -0.3 is 15.6 Å². The minimum Gasteiger partial charge on any atom is -0.370 e. The maximum atomic E-state index is 5.96. The van der Waals surface area contributed by atoms with E-state index in [1.807, 2.05) is 6.20 Å². The average molecular weight is 283 g/mol. The number of anilines is 1. The lowest BCUT2D eigenvalue weighted by atomic mass is 10.1. The van der Waals surface area contributed by atoms with Crippen LogP contribution < -0.4 is 11.1 Å². The molecule has 0 fully saturated rings. The molecule has 21 heavy (non-hydrogen) atoms. The van der Waals surface area contributed by atoms with E-state index in [-0.39, 0.29) is 0 Å². The number of rotatable bonds is 4. The van der Waals surface area contributed by atoms with E-state index in [0.717, 1.165) is 24.5 Å². The van der Waals surface area contributed by atoms with Gasteiger partial charge in [-0.2, -0.15) is 0 Å². The van der Waals surface area contributed by atoms with Gasteiger partial charge in [-0.15, -0.1) is 0 Å². The van der Waals surface area contributed by atoms with Crippen molar-refractivity contribution < 1.29 is 0 Å². The third-order valence-electron chi connectivity index (χ3n) is 3.90. The van der Waals surface area contributed by atoms with Crippen molar-refractivity contribution in [2.75, 3.05) is 5.32 Å². The topological polar surface area (TPSA) is 68.2 Å². The van der Waals surface area contributed by atoms with Crippen molar-refractivity contribution in [3.05, 3.63) is 47.5 Å². The van der Waals surface area contributed by atoms with E-state index in [0.29, 0.717) is 12.5 Å². The molecule has 5 nitrogen and oxygen atoms in total. The monoisotopic (exact) mass is 283 g/mol. The van der Waals surface area contributed by atoms with Crippen molar-refractivity contribution >= 4 is 11.6 Å². The number of aliphatic imine (C=N–C) groups is 1. The third-order valence-corrected chi connectivity index (χ3v) is 3.90. The summed E-state index contributed by atoms with van der Waals surface area (Å²) in [5.41, 5.74) is 9.86. The van der Waals surface area contributed by atoms with E-state index in [2.05, 4.69) is 45.0 Å². The molecular formula is C16H21N5. The van der Waals surface area contributed by atoms with Crippen molar-refractivity contribution in [2.24, 2.45) is 10.7 Å². The summed E-state index contributed by atoms with van der Waals surface area (Å²) in [7, 11) is 0. The first-order chi connectivity index (χ1) is 10.3. The Morgan fingerprint density at radius 2 is 2.24 bits per heavy atom. The molecule has 0 amide bonds. The number of fused-ring (bicyclic) bond motifs is 1. The maximum absolute atomic E-state index is 5.96. The molecule has 2 aromatic rings. The number of aromatic nitrogens is 2. The van der Waals surface area contributed by atoms with Crippen LogP contribution in [0.1, 0.15) is 30.3 Å². The van der Waals surface area contributed by atoms with Crippen LogP contribution in [0.4, 0.5) is 5.69 Å². The zero-order valence-electron chi connectivity index (χ0n) is 12.3. The van der Waals surface area contributed by atoms with Gasteiger partial charge in [0.05, 0.1) is 0 Å². The second-order valence-electron chi connectivity index (χ2n) is 5.29. The quantitative estimate of drug-likeness (QED) is 0.668. The van der Waals surface area contributed by atoms with Crippen LogP contribution in [0.5, 0.6) is 0 Å². The lowest BCUT2D eigenvalue weighted by Crippen LogP contribution is -2.23. The summed E-state index contributed by atoms with van der Waals surface area (Å²) in [6.07, 6.45) is 7.35. The highest BCUT2D eigenvalue weighted by Crippen LogP contribution is 2.24. The normalized spacial score (nSPS) is 14.2. The molecule has 0 saturated heterocycles. The summed E-state index contributed by atoms with van der Waals surface area (Å²) in [6, 6.07) is 6.43. The summed E-state index contributed by atoms with van der Waals surface area (Å²) in [4.78, 5) is 8.65. The van der Waals surface area contributed by atoms with Gasteiger partial charge in [0.25, 0.3) is 0 Å². The fourth-order valence-electron chi connectivity index (χ4n) is 2.77. The largest absolute Gasteiger partial charge is 0.370 e. The minimum atomic E-state index is 0.429. The van der Waals surface area contributed by atoms with Crippen molar-refractivity contribution in [1.29, 1.82) is 0 Å². The number of benzene rings is 1. The molecule has 0 bridgehead atoms. The van der Waals surface area contributed by atoms with Crippen molar-refractivity contribution in [3.63, 3.8) is 0 Å². The highest BCUT2D eigenvalue weighted by atomic mass is 15.1. The van der Waals surface area contributed by atoms with E-state index >= 15 is 0 Å². The molecule has 5 heteroatoms. The highest BCUT2D eigenvalue weighted by molar-refractivity contribution is 5.92. The molecule has 0 atom stereocenters. The Morgan fingerprint density at radius 3 is 3.10 bits per heavy atom. The number of nitrogens with zero attached hydrogens (tertiary/aromatic N) is 3. The predicted octanol–water partition coefficient (Wildman–Crippen LogP) is 2.32. The highest BCUT2D eigenvalue weighted by Gasteiger charge is 2.10. The van der Waals surface area contributed by atoms with Gasteiger partial charge in [-0.05, 0) is 49.4 Å². The van der Waals surface area contributed by atoms with Gasteiger partial charge in [-0.3, -0.25) is 0 Å². The molecule has 0 saturated carbocycles. The summed E-state index contributed by atoms with van der Waals surface area (Å²) in [6.45, 7) is 3.47. The van der Waals surface area contributed by atoms with Crippen LogP contribution in [0.3, 0.4) is 0 Å². The van der Waals surface area contributed by atoms with Gasteiger partial charge in [-0.25, -0.2) is 9.98 Å². The molecule has 3 N–H and O–H groups in total. The molecule has 1 aromatic heterocycles. The van der Waals surface area contributed by atoms with Gasteiger partial charge in [0.2, 0.25) is 0 Å². The van der Waals surface area contributed by atoms with E-state index in [4.69, 9.17) is 5.73 Å². The molecule has 1 aliphatic carbocycles. The molecule has 3 rings (SSSR count). The maximum Gasteiger partial charge on any atom is 0.193 e. The Bertz CT molecular complexity index is 656. The van der Waals surface area contributed by atoms with Gasteiger partial charge in [0.1, 0.15) is 12.4 Å². The summed E-state index contributed by atoms with van der Waals surface area (Å²) in [5, 5.41) is 3.16. The summed E-state index contributed by atoms with van der Waals surface area (Å²) in [5.74, 6) is 1.36. The number of imidazole rings is 1. The number of hydrogen-bond acceptors (Lipinski definition) is 2. The summed E-state index contributed by atoms with van der Waals surface area (Å²) < 4.78 is 2.06. The first-order valence-electron chi connectivity index (χ1n) is 7.45. The van der Waals surface area contributed by atoms with E-state index in [1.165, 1.54) is 24.0 Å². The number of nitrogens with one attached hydrogen (secondary N) is 1. The van der Waals surface area contributed by atoms with Crippen LogP contribution >= 0.6 is 0 Å². The number of nitrogens with two attached hydrogens (primary N) is 1. The first kappa shape index (κ1) is 13.7. The van der Waals surface area contributed by atoms with E-state index < -0.39 is 0 Å². The summed E-state index contributed by atoms with van der Waals surface area (Å²) >= 11 is 0. The Balaban J connectivity index is 1.65. The Morgan fingerprint density at radius 1 is 1.38 bits per heavy atom. The van der Waals surface area contributed by atoms with Gasteiger partial charge in [0.15, 0.2) is 5.96 Å². The molecule has 1 heterocycles. The van der Waals surface area contributed by atoms with Crippen molar-refractivity contribution in [1.82, 2.24) is 9.55 Å². The van der Waals surface area contributed by atoms with Gasteiger partial charge >= 0.3 is 0 Å². The Kier molecular flexibility index (Phi) is 3.90. The number of hydrogen-bond donors (Lipinski definition) is 2. The van der Waals surface area contributed by atoms with Crippen LogP contribution in [0.15, 0.2) is 35.6 Å². The molecule has 0 unspecified atom stereocenters. The van der Waals surface area contributed by atoms with Crippen LogP contribution in [0.25, 0.3) is 0 Å². The zero-order valence-corrected chi connectivity index (χ0v) is 12.3. The molecule has 0 radical (unpaired) electrons. The van der Waals surface area contributed by atoms with Crippen LogP contribution in [-0.2, 0) is 25.9 Å². The SMILES string of the molecule is CCn1ccnc1CN=C(N)Nc1ccc2c(c1)CCC2. The smallest absolute Gasteiger partial charge is 0.193 e. The standard InChI is InChI=1S/C16H21N5/c1-2-21-9-8-18-15(21)11-19-16(17)20-14-7-6-12-4-3-5-13(12)10-14/h6-10H,2-5,11H2,1H3,(H3,17,19,20). The molecule has 1 aliphatic rings. The lowest BCUT2D eigenvalue weighted by Gasteiger charge is -2.08. The van der Waals surface area contributed by atoms with E-state index in [9.17, 15) is 0 Å². The Labute approximate surface area is 124 Å². The molecule has 0 aliphatic heterocycles. The van der Waals surface area contributed by atoms with Crippen LogP contribution in [0, 0.1) is 0 Å². The first-order valence-corrected chi connectivity index (χ1v) is 7.45. The second-order valence-corrected chi connectivity index (χ2v) is 5.29. The van der Waals surface area contributed by atoms with E-state index in [1.54, 1.807) is 6.20 Å². The number of guanidine groups is 1. The Hall–Kier alpha value is -2.30. The fourth-order valence-corrected chi connectivity index (χ4v) is 2.77. The molecule has 0 spiro atoms. The zero-order chi connectivity index (χ0) is 14.7. The van der Waals surface area contributed by atoms with Crippen LogP contribution in [0.2, 0.25) is 0 Å². The molecule has 1 aromatic carbocycles. The van der Waals surface area contributed by atoms with Crippen molar-refractivity contribution in [2.45, 2.75) is 39.3 Å². The van der Waals surface area contributed by atoms with Gasteiger partial charge in [0, 0.05) is 24.6 Å². The molecule has 110 valence electrons. The second kappa shape index (κ2) is 5.99. The van der Waals surface area contributed by atoms with Gasteiger partial charge in [-0.1, -0.05) is 6.07 Å². The fraction of sp³-hybridized carbons (Fsp3) is 0.375. The van der Waals surface area contributed by atoms with Crippen molar-refractivity contribution in [3.8, 4) is 0 Å². The average Bonchev–Trinajstić information content (AvgIpc) is 3.13.